The largest absolute Gasteiger partial charge is 0.454 e. The molecule has 0 atom stereocenters. The van der Waals surface area contributed by atoms with Gasteiger partial charge in [0.05, 0.1) is 13.1 Å². The molecule has 1 aromatic carbocycles. The first-order valence-electron chi connectivity index (χ1n) is 6.33. The van der Waals surface area contributed by atoms with Gasteiger partial charge in [-0.2, -0.15) is 4.98 Å². The van der Waals surface area contributed by atoms with E-state index in [-0.39, 0.29) is 19.0 Å². The van der Waals surface area contributed by atoms with E-state index in [9.17, 15) is 0 Å². The summed E-state index contributed by atoms with van der Waals surface area (Å²) in [4.78, 5) is 6.27. The quantitative estimate of drug-likeness (QED) is 0.890. The molecule has 1 aliphatic rings. The van der Waals surface area contributed by atoms with Crippen LogP contribution in [0.15, 0.2) is 22.7 Å². The van der Waals surface area contributed by atoms with Gasteiger partial charge in [0.2, 0.25) is 12.7 Å². The Kier molecular flexibility index (Phi) is 5.00. The van der Waals surface area contributed by atoms with Gasteiger partial charge >= 0.3 is 0 Å². The molecule has 0 aliphatic carbocycles. The third-order valence-electron chi connectivity index (χ3n) is 2.99. The highest BCUT2D eigenvalue weighted by Gasteiger charge is 2.14. The number of hydrogen-bond donors (Lipinski definition) is 1. The van der Waals surface area contributed by atoms with Crippen molar-refractivity contribution in [3.05, 3.63) is 35.5 Å². The zero-order valence-corrected chi connectivity index (χ0v) is 12.4. The van der Waals surface area contributed by atoms with E-state index in [0.29, 0.717) is 25.1 Å². The Morgan fingerprint density at radius 3 is 2.81 bits per heavy atom. The van der Waals surface area contributed by atoms with Crippen molar-refractivity contribution < 1.29 is 14.0 Å². The van der Waals surface area contributed by atoms with Crippen LogP contribution in [0, 0.1) is 0 Å². The molecule has 2 N–H and O–H groups in total. The van der Waals surface area contributed by atoms with E-state index in [4.69, 9.17) is 19.7 Å². The van der Waals surface area contributed by atoms with Crippen LogP contribution in [0.4, 0.5) is 0 Å². The van der Waals surface area contributed by atoms with Gasteiger partial charge in [0.25, 0.3) is 0 Å². The fourth-order valence-corrected chi connectivity index (χ4v) is 2.09. The van der Waals surface area contributed by atoms with Crippen LogP contribution >= 0.6 is 12.4 Å². The number of nitrogens with zero attached hydrogens (tertiary/aromatic N) is 3. The summed E-state index contributed by atoms with van der Waals surface area (Å²) in [5.41, 5.74) is 6.57. The fourth-order valence-electron chi connectivity index (χ4n) is 2.09. The van der Waals surface area contributed by atoms with Gasteiger partial charge in [-0.15, -0.1) is 12.4 Å². The molecule has 0 radical (unpaired) electrons. The first-order valence-corrected chi connectivity index (χ1v) is 6.33. The average Bonchev–Trinajstić information content (AvgIpc) is 3.06. The second-order valence-corrected chi connectivity index (χ2v) is 4.67. The Morgan fingerprint density at radius 1 is 1.24 bits per heavy atom. The van der Waals surface area contributed by atoms with Gasteiger partial charge in [0.15, 0.2) is 17.3 Å². The zero-order valence-electron chi connectivity index (χ0n) is 11.6. The number of aromatic nitrogens is 2. The van der Waals surface area contributed by atoms with Gasteiger partial charge in [-0.05, 0) is 24.7 Å². The van der Waals surface area contributed by atoms with Crippen LogP contribution in [0.1, 0.15) is 17.3 Å². The summed E-state index contributed by atoms with van der Waals surface area (Å²) in [6.45, 7) is 1.90. The molecule has 114 valence electrons. The Morgan fingerprint density at radius 2 is 2.05 bits per heavy atom. The lowest BCUT2D eigenvalue weighted by atomic mass is 10.2. The van der Waals surface area contributed by atoms with Gasteiger partial charge in [-0.25, -0.2) is 0 Å². The van der Waals surface area contributed by atoms with Crippen molar-refractivity contribution in [2.24, 2.45) is 5.73 Å². The van der Waals surface area contributed by atoms with Crippen LogP contribution < -0.4 is 15.2 Å². The second-order valence-electron chi connectivity index (χ2n) is 4.67. The number of benzene rings is 1. The van der Waals surface area contributed by atoms with Crippen molar-refractivity contribution in [3.8, 4) is 11.5 Å². The Labute approximate surface area is 128 Å². The highest BCUT2D eigenvalue weighted by Crippen LogP contribution is 2.32. The molecular formula is C13H17ClN4O3. The lowest BCUT2D eigenvalue weighted by Gasteiger charge is -2.14. The van der Waals surface area contributed by atoms with Crippen molar-refractivity contribution in [1.82, 2.24) is 15.0 Å². The Hall–Kier alpha value is -1.83. The summed E-state index contributed by atoms with van der Waals surface area (Å²) in [5.74, 6) is 2.67. The zero-order chi connectivity index (χ0) is 13.9. The fraction of sp³-hybridized carbons (Fsp3) is 0.385. The van der Waals surface area contributed by atoms with Gasteiger partial charge in [-0.1, -0.05) is 11.2 Å². The van der Waals surface area contributed by atoms with Crippen LogP contribution in [0.5, 0.6) is 11.5 Å². The van der Waals surface area contributed by atoms with Crippen molar-refractivity contribution in [2.75, 3.05) is 13.8 Å². The lowest BCUT2D eigenvalue weighted by Crippen LogP contribution is -2.18. The van der Waals surface area contributed by atoms with Crippen LogP contribution in [0.3, 0.4) is 0 Å². The van der Waals surface area contributed by atoms with Gasteiger partial charge < -0.3 is 19.7 Å². The van der Waals surface area contributed by atoms with Crippen LogP contribution in [0.2, 0.25) is 0 Å². The van der Waals surface area contributed by atoms with Gasteiger partial charge in [0, 0.05) is 6.54 Å². The number of hydrogen-bond acceptors (Lipinski definition) is 7. The first kappa shape index (κ1) is 15.6. The third-order valence-corrected chi connectivity index (χ3v) is 2.99. The summed E-state index contributed by atoms with van der Waals surface area (Å²) in [6.07, 6.45) is 0. The predicted molar refractivity (Wildman–Crippen MR) is 77.2 cm³/mol. The first-order chi connectivity index (χ1) is 9.74. The number of nitrogens with two attached hydrogens (primary N) is 1. The lowest BCUT2D eigenvalue weighted by molar-refractivity contribution is 0.174. The van der Waals surface area contributed by atoms with E-state index in [0.717, 1.165) is 23.6 Å². The van der Waals surface area contributed by atoms with Gasteiger partial charge in [-0.3, -0.25) is 4.90 Å². The maximum atomic E-state index is 5.43. The summed E-state index contributed by atoms with van der Waals surface area (Å²) in [5, 5.41) is 3.87. The molecule has 0 amide bonds. The predicted octanol–water partition coefficient (Wildman–Crippen LogP) is 1.31. The molecule has 3 rings (SSSR count). The minimum absolute atomic E-state index is 0. The van der Waals surface area contributed by atoms with Crippen molar-refractivity contribution in [3.63, 3.8) is 0 Å². The minimum atomic E-state index is 0. The highest BCUT2D eigenvalue weighted by atomic mass is 35.5. The molecule has 0 bridgehead atoms. The maximum absolute atomic E-state index is 5.43. The molecular weight excluding hydrogens is 296 g/mol. The van der Waals surface area contributed by atoms with Crippen LogP contribution in [0.25, 0.3) is 0 Å². The molecule has 0 fully saturated rings. The molecule has 0 saturated heterocycles. The minimum Gasteiger partial charge on any atom is -0.454 e. The smallest absolute Gasteiger partial charge is 0.240 e. The summed E-state index contributed by atoms with van der Waals surface area (Å²) in [6, 6.07) is 5.93. The van der Waals surface area contributed by atoms with E-state index < -0.39 is 0 Å². The average molecular weight is 313 g/mol. The van der Waals surface area contributed by atoms with Crippen molar-refractivity contribution >= 4 is 12.4 Å². The molecule has 2 aromatic rings. The SMILES string of the molecule is CN(Cc1ccc2c(c1)OCO2)Cc1noc(CN)n1.Cl. The number of rotatable bonds is 5. The molecule has 8 heteroatoms. The monoisotopic (exact) mass is 312 g/mol. The van der Waals surface area contributed by atoms with Crippen LogP contribution in [-0.2, 0) is 19.6 Å². The molecule has 0 unspecified atom stereocenters. The molecule has 0 saturated carbocycles. The Balaban J connectivity index is 0.00000161. The molecule has 2 heterocycles. The topological polar surface area (TPSA) is 86.6 Å². The number of ether oxygens (including phenoxy) is 2. The highest BCUT2D eigenvalue weighted by molar-refractivity contribution is 5.85. The number of halogens is 1. The summed E-state index contributed by atoms with van der Waals surface area (Å²) < 4.78 is 15.6. The van der Waals surface area contributed by atoms with Crippen molar-refractivity contribution in [2.45, 2.75) is 19.6 Å². The standard InChI is InChI=1S/C13H16N4O3.ClH/c1-17(7-12-15-13(5-14)20-16-12)6-9-2-3-10-11(4-9)19-8-18-10;/h2-4H,5-8,14H2,1H3;1H. The summed E-state index contributed by atoms with van der Waals surface area (Å²) >= 11 is 0. The van der Waals surface area contributed by atoms with Crippen molar-refractivity contribution in [1.29, 1.82) is 0 Å². The van der Waals surface area contributed by atoms with E-state index >= 15 is 0 Å². The van der Waals surface area contributed by atoms with E-state index in [1.807, 2.05) is 25.2 Å². The molecule has 7 nitrogen and oxygen atoms in total. The maximum Gasteiger partial charge on any atom is 0.240 e. The van der Waals surface area contributed by atoms with Crippen LogP contribution in [-0.4, -0.2) is 28.9 Å². The van der Waals surface area contributed by atoms with E-state index in [2.05, 4.69) is 15.0 Å². The second kappa shape index (κ2) is 6.75. The van der Waals surface area contributed by atoms with E-state index in [1.54, 1.807) is 0 Å². The normalized spacial score (nSPS) is 12.5. The summed E-state index contributed by atoms with van der Waals surface area (Å²) in [7, 11) is 1.99. The molecule has 1 aromatic heterocycles. The number of fused-ring (bicyclic) bond motifs is 1. The molecule has 1 aliphatic heterocycles. The van der Waals surface area contributed by atoms with E-state index in [1.165, 1.54) is 0 Å². The van der Waals surface area contributed by atoms with Gasteiger partial charge in [0.1, 0.15) is 0 Å². The third kappa shape index (κ3) is 3.63. The molecule has 21 heavy (non-hydrogen) atoms. The molecule has 0 spiro atoms. The Bertz CT molecular complexity index is 605.